The van der Waals surface area contributed by atoms with Crippen LogP contribution < -0.4 is 10.2 Å². The molecular formula is C15H26N4O. The van der Waals surface area contributed by atoms with Crippen LogP contribution in [0.5, 0.6) is 0 Å². The number of aliphatic hydroxyl groups is 1. The zero-order valence-corrected chi connectivity index (χ0v) is 12.6. The minimum absolute atomic E-state index is 0.164. The van der Waals surface area contributed by atoms with Crippen molar-refractivity contribution in [2.24, 2.45) is 0 Å². The van der Waals surface area contributed by atoms with Gasteiger partial charge in [0.05, 0.1) is 6.61 Å². The number of nitrogens with zero attached hydrogens (tertiary/aromatic N) is 3. The van der Waals surface area contributed by atoms with Gasteiger partial charge in [0, 0.05) is 24.7 Å². The van der Waals surface area contributed by atoms with E-state index in [0.717, 1.165) is 30.2 Å². The molecule has 0 radical (unpaired) electrons. The van der Waals surface area contributed by atoms with Gasteiger partial charge >= 0.3 is 0 Å². The number of nitrogens with one attached hydrogen (secondary N) is 1. The fraction of sp³-hybridized carbons (Fsp3) is 0.733. The van der Waals surface area contributed by atoms with E-state index in [4.69, 9.17) is 0 Å². The second kappa shape index (κ2) is 7.43. The topological polar surface area (TPSA) is 61.3 Å². The fourth-order valence-electron chi connectivity index (χ4n) is 2.94. The molecule has 1 saturated carbocycles. The summed E-state index contributed by atoms with van der Waals surface area (Å²) in [6.07, 6.45) is 7.64. The minimum atomic E-state index is 0.164. The summed E-state index contributed by atoms with van der Waals surface area (Å²) < 4.78 is 0. The van der Waals surface area contributed by atoms with Crippen molar-refractivity contribution in [3.05, 3.63) is 11.9 Å². The van der Waals surface area contributed by atoms with Crippen LogP contribution in [-0.2, 0) is 0 Å². The summed E-state index contributed by atoms with van der Waals surface area (Å²) in [6, 6.07) is 0.509. The zero-order valence-electron chi connectivity index (χ0n) is 12.6. The van der Waals surface area contributed by atoms with E-state index in [0.29, 0.717) is 12.6 Å². The summed E-state index contributed by atoms with van der Waals surface area (Å²) in [4.78, 5) is 11.1. The van der Waals surface area contributed by atoms with Crippen LogP contribution in [0.3, 0.4) is 0 Å². The van der Waals surface area contributed by atoms with Gasteiger partial charge < -0.3 is 15.3 Å². The maximum atomic E-state index is 9.36. The van der Waals surface area contributed by atoms with Crippen molar-refractivity contribution in [2.75, 3.05) is 29.9 Å². The lowest BCUT2D eigenvalue weighted by Gasteiger charge is -2.31. The third kappa shape index (κ3) is 3.39. The van der Waals surface area contributed by atoms with Crippen LogP contribution in [0.1, 0.15) is 44.6 Å². The van der Waals surface area contributed by atoms with E-state index in [1.807, 2.05) is 0 Å². The molecule has 0 atom stereocenters. The molecule has 0 spiro atoms. The SMILES string of the molecule is CCCNc1ncnc(N(CCO)C2CCCC2)c1C. The summed E-state index contributed by atoms with van der Waals surface area (Å²) in [5.41, 5.74) is 1.08. The van der Waals surface area contributed by atoms with Crippen molar-refractivity contribution < 1.29 is 5.11 Å². The lowest BCUT2D eigenvalue weighted by atomic mass is 10.2. The Morgan fingerprint density at radius 1 is 1.35 bits per heavy atom. The molecule has 0 saturated heterocycles. The quantitative estimate of drug-likeness (QED) is 0.801. The highest BCUT2D eigenvalue weighted by atomic mass is 16.3. The highest BCUT2D eigenvalue weighted by Crippen LogP contribution is 2.30. The average Bonchev–Trinajstić information content (AvgIpc) is 2.98. The van der Waals surface area contributed by atoms with E-state index in [-0.39, 0.29) is 6.61 Å². The van der Waals surface area contributed by atoms with E-state index >= 15 is 0 Å². The number of rotatable bonds is 7. The molecule has 1 aromatic heterocycles. The van der Waals surface area contributed by atoms with Crippen LogP contribution in [0.25, 0.3) is 0 Å². The van der Waals surface area contributed by atoms with Crippen LogP contribution in [-0.4, -0.2) is 40.8 Å². The summed E-state index contributed by atoms with van der Waals surface area (Å²) in [5.74, 6) is 1.89. The Morgan fingerprint density at radius 3 is 2.75 bits per heavy atom. The summed E-state index contributed by atoms with van der Waals surface area (Å²) in [7, 11) is 0. The molecule has 0 bridgehead atoms. The summed E-state index contributed by atoms with van der Waals surface area (Å²) >= 11 is 0. The van der Waals surface area contributed by atoms with Gasteiger partial charge in [-0.3, -0.25) is 0 Å². The van der Waals surface area contributed by atoms with Crippen molar-refractivity contribution in [2.45, 2.75) is 52.0 Å². The van der Waals surface area contributed by atoms with Crippen molar-refractivity contribution in [3.8, 4) is 0 Å². The van der Waals surface area contributed by atoms with Gasteiger partial charge in [-0.2, -0.15) is 0 Å². The molecule has 0 unspecified atom stereocenters. The Balaban J connectivity index is 2.22. The second-order valence-electron chi connectivity index (χ2n) is 5.45. The molecule has 5 heteroatoms. The smallest absolute Gasteiger partial charge is 0.137 e. The van der Waals surface area contributed by atoms with Crippen molar-refractivity contribution in [3.63, 3.8) is 0 Å². The van der Waals surface area contributed by atoms with Crippen LogP contribution in [0.4, 0.5) is 11.6 Å². The van der Waals surface area contributed by atoms with Crippen LogP contribution in [0, 0.1) is 6.92 Å². The molecule has 20 heavy (non-hydrogen) atoms. The predicted octanol–water partition coefficient (Wildman–Crippen LogP) is 2.35. The third-order valence-electron chi connectivity index (χ3n) is 3.98. The molecule has 0 aromatic carbocycles. The Morgan fingerprint density at radius 2 is 2.10 bits per heavy atom. The zero-order chi connectivity index (χ0) is 14.4. The van der Waals surface area contributed by atoms with Gasteiger partial charge in [-0.15, -0.1) is 0 Å². The maximum absolute atomic E-state index is 9.36. The number of hydrogen-bond donors (Lipinski definition) is 2. The normalized spacial score (nSPS) is 15.6. The first-order chi connectivity index (χ1) is 9.77. The van der Waals surface area contributed by atoms with Crippen molar-refractivity contribution in [1.29, 1.82) is 0 Å². The molecule has 1 aliphatic carbocycles. The molecule has 1 fully saturated rings. The number of anilines is 2. The van der Waals surface area contributed by atoms with E-state index in [2.05, 4.69) is 34.0 Å². The second-order valence-corrected chi connectivity index (χ2v) is 5.45. The molecule has 2 N–H and O–H groups in total. The first-order valence-electron chi connectivity index (χ1n) is 7.71. The van der Waals surface area contributed by atoms with Crippen molar-refractivity contribution in [1.82, 2.24) is 9.97 Å². The van der Waals surface area contributed by atoms with E-state index in [9.17, 15) is 5.11 Å². The van der Waals surface area contributed by atoms with Crippen LogP contribution in [0.15, 0.2) is 6.33 Å². The standard InChI is InChI=1S/C15H26N4O/c1-3-8-16-14-12(2)15(18-11-17-14)19(9-10-20)13-6-4-5-7-13/h11,13,20H,3-10H2,1-2H3,(H,16,17,18). The number of hydrogen-bond acceptors (Lipinski definition) is 5. The molecule has 1 heterocycles. The molecule has 112 valence electrons. The minimum Gasteiger partial charge on any atom is -0.395 e. The molecule has 1 aromatic rings. The maximum Gasteiger partial charge on any atom is 0.137 e. The Kier molecular flexibility index (Phi) is 5.59. The van der Waals surface area contributed by atoms with Crippen LogP contribution >= 0.6 is 0 Å². The Hall–Kier alpha value is -1.36. The first-order valence-corrected chi connectivity index (χ1v) is 7.71. The fourth-order valence-corrected chi connectivity index (χ4v) is 2.94. The highest BCUT2D eigenvalue weighted by molar-refractivity contribution is 5.58. The molecule has 0 amide bonds. The third-order valence-corrected chi connectivity index (χ3v) is 3.98. The van der Waals surface area contributed by atoms with Gasteiger partial charge in [0.15, 0.2) is 0 Å². The highest BCUT2D eigenvalue weighted by Gasteiger charge is 2.25. The van der Waals surface area contributed by atoms with Gasteiger partial charge in [-0.05, 0) is 26.2 Å². The van der Waals surface area contributed by atoms with E-state index in [1.165, 1.54) is 25.7 Å². The Bertz CT molecular complexity index is 418. The van der Waals surface area contributed by atoms with Gasteiger partial charge in [-0.25, -0.2) is 9.97 Å². The van der Waals surface area contributed by atoms with Gasteiger partial charge in [0.2, 0.25) is 0 Å². The van der Waals surface area contributed by atoms with E-state index in [1.54, 1.807) is 6.33 Å². The largest absolute Gasteiger partial charge is 0.395 e. The van der Waals surface area contributed by atoms with E-state index < -0.39 is 0 Å². The lowest BCUT2D eigenvalue weighted by Crippen LogP contribution is -2.37. The molecular weight excluding hydrogens is 252 g/mol. The Labute approximate surface area is 121 Å². The number of aromatic nitrogens is 2. The van der Waals surface area contributed by atoms with Gasteiger partial charge in [0.1, 0.15) is 18.0 Å². The van der Waals surface area contributed by atoms with Crippen molar-refractivity contribution >= 4 is 11.6 Å². The monoisotopic (exact) mass is 278 g/mol. The summed E-state index contributed by atoms with van der Waals surface area (Å²) in [5, 5.41) is 12.7. The summed E-state index contributed by atoms with van der Waals surface area (Å²) in [6.45, 7) is 5.93. The molecule has 0 aliphatic heterocycles. The number of aliphatic hydroxyl groups excluding tert-OH is 1. The average molecular weight is 278 g/mol. The molecule has 1 aliphatic rings. The predicted molar refractivity (Wildman–Crippen MR) is 82.2 cm³/mol. The molecule has 5 nitrogen and oxygen atoms in total. The lowest BCUT2D eigenvalue weighted by molar-refractivity contribution is 0.296. The molecule has 2 rings (SSSR count). The first kappa shape index (κ1) is 15.0. The van der Waals surface area contributed by atoms with Gasteiger partial charge in [0.25, 0.3) is 0 Å². The van der Waals surface area contributed by atoms with Gasteiger partial charge in [-0.1, -0.05) is 19.8 Å². The van der Waals surface area contributed by atoms with Crippen LogP contribution in [0.2, 0.25) is 0 Å².